The third kappa shape index (κ3) is 4.14. The number of hydrogen-bond donors (Lipinski definition) is 0. The van der Waals surface area contributed by atoms with Crippen molar-refractivity contribution in [2.24, 2.45) is 0 Å². The molecule has 29 heavy (non-hydrogen) atoms. The van der Waals surface area contributed by atoms with Gasteiger partial charge in [-0.3, -0.25) is 9.69 Å². The molecular weight excluding hydrogens is 380 g/mol. The topological polar surface area (TPSA) is 41.4 Å². The van der Waals surface area contributed by atoms with Crippen LogP contribution in [0.3, 0.4) is 0 Å². The van der Waals surface area contributed by atoms with Gasteiger partial charge in [0.05, 0.1) is 28.5 Å². The summed E-state index contributed by atoms with van der Waals surface area (Å²) in [5.74, 6) is 0.0896. The predicted octanol–water partition coefficient (Wildman–Crippen LogP) is 4.36. The van der Waals surface area contributed by atoms with E-state index in [1.807, 2.05) is 47.5 Å². The largest absolute Gasteiger partial charge is 0.332 e. The van der Waals surface area contributed by atoms with Gasteiger partial charge < -0.3 is 4.90 Å². The van der Waals surface area contributed by atoms with Crippen LogP contribution < -0.4 is 0 Å². The Balaban J connectivity index is 1.68. The molecule has 0 radical (unpaired) electrons. The highest BCUT2D eigenvalue weighted by atomic mass is 32.1. The molecule has 0 fully saturated rings. The quantitative estimate of drug-likeness (QED) is 0.583. The minimum Gasteiger partial charge on any atom is -0.332 e. The number of fused-ring (bicyclic) bond motifs is 1. The fourth-order valence-electron chi connectivity index (χ4n) is 4.02. The summed E-state index contributed by atoms with van der Waals surface area (Å²) in [5.41, 5.74) is 4.70. The van der Waals surface area contributed by atoms with Crippen LogP contribution in [0.4, 0.5) is 0 Å². The van der Waals surface area contributed by atoms with Crippen LogP contribution in [0.25, 0.3) is 5.69 Å². The average molecular weight is 409 g/mol. The Morgan fingerprint density at radius 2 is 2.00 bits per heavy atom. The Labute approximate surface area is 176 Å². The second-order valence-electron chi connectivity index (χ2n) is 7.44. The standard InChI is InChI=1S/C23H28N4OS/c1-3-13-25-14-12-21-19(16-25)20(24-27(21)18-9-6-5-7-10-18)17-26(4-2)23(28)22-11-8-15-29-22/h5-11,15H,3-4,12-14,16-17H2,1-2H3. The lowest BCUT2D eigenvalue weighted by atomic mass is 10.0. The van der Waals surface area contributed by atoms with Gasteiger partial charge in [-0.2, -0.15) is 5.10 Å². The molecule has 0 spiro atoms. The molecule has 1 aliphatic heterocycles. The molecule has 3 heterocycles. The van der Waals surface area contributed by atoms with Gasteiger partial charge in [0, 0.05) is 31.6 Å². The first-order chi connectivity index (χ1) is 14.2. The van der Waals surface area contributed by atoms with Crippen LogP contribution in [0.2, 0.25) is 0 Å². The molecule has 2 aromatic heterocycles. The summed E-state index contributed by atoms with van der Waals surface area (Å²) in [4.78, 5) is 18.1. The molecular formula is C23H28N4OS. The summed E-state index contributed by atoms with van der Waals surface area (Å²) in [6, 6.07) is 14.2. The SMILES string of the molecule is CCCN1CCc2c(c(CN(CC)C(=O)c3cccs3)nn2-c2ccccc2)C1. The fourth-order valence-corrected chi connectivity index (χ4v) is 4.71. The Morgan fingerprint density at radius 3 is 2.69 bits per heavy atom. The van der Waals surface area contributed by atoms with Gasteiger partial charge in [-0.15, -0.1) is 11.3 Å². The van der Waals surface area contributed by atoms with Gasteiger partial charge in [0.15, 0.2) is 0 Å². The summed E-state index contributed by atoms with van der Waals surface area (Å²) in [5, 5.41) is 6.96. The number of para-hydroxylation sites is 1. The van der Waals surface area contributed by atoms with Crippen molar-refractivity contribution >= 4 is 17.2 Å². The van der Waals surface area contributed by atoms with Gasteiger partial charge >= 0.3 is 0 Å². The summed E-state index contributed by atoms with van der Waals surface area (Å²) in [6.07, 6.45) is 2.14. The number of nitrogens with zero attached hydrogens (tertiary/aromatic N) is 4. The maximum Gasteiger partial charge on any atom is 0.264 e. The van der Waals surface area contributed by atoms with Crippen molar-refractivity contribution < 1.29 is 4.79 Å². The van der Waals surface area contributed by atoms with Crippen LogP contribution in [0.15, 0.2) is 47.8 Å². The number of carbonyl (C=O) groups is 1. The molecule has 5 nitrogen and oxygen atoms in total. The van der Waals surface area contributed by atoms with Crippen molar-refractivity contribution in [1.29, 1.82) is 0 Å². The number of benzene rings is 1. The summed E-state index contributed by atoms with van der Waals surface area (Å²) >= 11 is 1.50. The lowest BCUT2D eigenvalue weighted by Gasteiger charge is -2.28. The van der Waals surface area contributed by atoms with Crippen molar-refractivity contribution in [2.45, 2.75) is 39.8 Å². The number of thiophene rings is 1. The van der Waals surface area contributed by atoms with E-state index in [0.717, 1.165) is 48.7 Å². The lowest BCUT2D eigenvalue weighted by Crippen LogP contribution is -2.33. The second-order valence-corrected chi connectivity index (χ2v) is 8.39. The normalized spacial score (nSPS) is 14.0. The predicted molar refractivity (Wildman–Crippen MR) is 118 cm³/mol. The first kappa shape index (κ1) is 19.9. The number of carbonyl (C=O) groups excluding carboxylic acids is 1. The zero-order valence-corrected chi connectivity index (χ0v) is 18.0. The summed E-state index contributed by atoms with van der Waals surface area (Å²) in [7, 11) is 0. The maximum absolute atomic E-state index is 12.9. The lowest BCUT2D eigenvalue weighted by molar-refractivity contribution is 0.0754. The van der Waals surface area contributed by atoms with Crippen LogP contribution >= 0.6 is 11.3 Å². The van der Waals surface area contributed by atoms with Gasteiger partial charge in [0.1, 0.15) is 0 Å². The van der Waals surface area contributed by atoms with E-state index in [9.17, 15) is 4.79 Å². The van der Waals surface area contributed by atoms with E-state index < -0.39 is 0 Å². The van der Waals surface area contributed by atoms with E-state index in [1.54, 1.807) is 0 Å². The molecule has 3 aromatic rings. The minimum absolute atomic E-state index is 0.0896. The Morgan fingerprint density at radius 1 is 1.17 bits per heavy atom. The Kier molecular flexibility index (Phi) is 6.11. The summed E-state index contributed by atoms with van der Waals surface area (Å²) < 4.78 is 2.09. The zero-order chi connectivity index (χ0) is 20.2. The van der Waals surface area contributed by atoms with Crippen molar-refractivity contribution in [3.63, 3.8) is 0 Å². The van der Waals surface area contributed by atoms with Crippen LogP contribution in [0.1, 0.15) is 46.9 Å². The monoisotopic (exact) mass is 408 g/mol. The van der Waals surface area contributed by atoms with Gasteiger partial charge in [-0.25, -0.2) is 4.68 Å². The molecule has 0 atom stereocenters. The van der Waals surface area contributed by atoms with Crippen LogP contribution in [-0.4, -0.2) is 45.1 Å². The number of amides is 1. The van der Waals surface area contributed by atoms with E-state index >= 15 is 0 Å². The highest BCUT2D eigenvalue weighted by Gasteiger charge is 2.27. The third-order valence-corrected chi connectivity index (χ3v) is 6.36. The molecule has 6 heteroatoms. The first-order valence-corrected chi connectivity index (χ1v) is 11.3. The van der Waals surface area contributed by atoms with Crippen molar-refractivity contribution in [1.82, 2.24) is 19.6 Å². The second kappa shape index (κ2) is 8.93. The van der Waals surface area contributed by atoms with Gasteiger partial charge in [0.2, 0.25) is 0 Å². The molecule has 1 aliphatic rings. The first-order valence-electron chi connectivity index (χ1n) is 10.4. The molecule has 1 amide bonds. The Bertz CT molecular complexity index is 949. The molecule has 0 saturated heterocycles. The van der Waals surface area contributed by atoms with Crippen molar-refractivity contribution in [2.75, 3.05) is 19.6 Å². The minimum atomic E-state index is 0.0896. The van der Waals surface area contributed by atoms with E-state index in [4.69, 9.17) is 5.10 Å². The molecule has 1 aromatic carbocycles. The molecule has 152 valence electrons. The smallest absolute Gasteiger partial charge is 0.264 e. The van der Waals surface area contributed by atoms with Crippen LogP contribution in [0.5, 0.6) is 0 Å². The number of aromatic nitrogens is 2. The highest BCUT2D eigenvalue weighted by molar-refractivity contribution is 7.12. The maximum atomic E-state index is 12.9. The molecule has 0 saturated carbocycles. The van der Waals surface area contributed by atoms with Crippen molar-refractivity contribution in [3.8, 4) is 5.69 Å². The fraction of sp³-hybridized carbons (Fsp3) is 0.391. The molecule has 0 N–H and O–H groups in total. The number of rotatable bonds is 7. The summed E-state index contributed by atoms with van der Waals surface area (Å²) in [6.45, 7) is 8.55. The van der Waals surface area contributed by atoms with Gasteiger partial charge in [-0.05, 0) is 43.5 Å². The molecule has 0 aliphatic carbocycles. The van der Waals surface area contributed by atoms with E-state index in [2.05, 4.69) is 28.6 Å². The number of hydrogen-bond acceptors (Lipinski definition) is 4. The van der Waals surface area contributed by atoms with E-state index in [-0.39, 0.29) is 5.91 Å². The van der Waals surface area contributed by atoms with Crippen LogP contribution in [0, 0.1) is 0 Å². The van der Waals surface area contributed by atoms with Gasteiger partial charge in [-0.1, -0.05) is 31.2 Å². The molecule has 0 bridgehead atoms. The highest BCUT2D eigenvalue weighted by Crippen LogP contribution is 2.27. The average Bonchev–Trinajstić information content (AvgIpc) is 3.41. The Hall–Kier alpha value is -2.44. The zero-order valence-electron chi connectivity index (χ0n) is 17.2. The van der Waals surface area contributed by atoms with E-state index in [1.165, 1.54) is 22.6 Å². The third-order valence-electron chi connectivity index (χ3n) is 5.50. The van der Waals surface area contributed by atoms with Crippen molar-refractivity contribution in [3.05, 3.63) is 69.7 Å². The van der Waals surface area contributed by atoms with Gasteiger partial charge in [0.25, 0.3) is 5.91 Å². The molecule has 0 unspecified atom stereocenters. The van der Waals surface area contributed by atoms with Crippen LogP contribution in [-0.2, 0) is 19.5 Å². The molecule has 4 rings (SSSR count). The van der Waals surface area contributed by atoms with E-state index in [0.29, 0.717) is 13.1 Å².